The number of urea groups is 2. The number of carbonyl (C=O) groups excluding carboxylic acids is 2. The first-order chi connectivity index (χ1) is 14.9. The molecule has 2 aromatic carbocycles. The maximum Gasteiger partial charge on any atom is 0.321 e. The van der Waals surface area contributed by atoms with Crippen LogP contribution in [0.15, 0.2) is 46.9 Å². The second-order valence-corrected chi connectivity index (χ2v) is 9.07. The number of likely N-dealkylation sites (tertiary alicyclic amines) is 1. The van der Waals surface area contributed by atoms with Crippen molar-refractivity contribution in [3.63, 3.8) is 0 Å². The maximum atomic E-state index is 14.0. The van der Waals surface area contributed by atoms with E-state index in [1.807, 2.05) is 21.9 Å². The predicted octanol–water partition coefficient (Wildman–Crippen LogP) is 4.83. The van der Waals surface area contributed by atoms with Crippen LogP contribution in [0.4, 0.5) is 19.7 Å². The molecule has 6 nitrogen and oxygen atoms in total. The maximum absolute atomic E-state index is 14.0. The van der Waals surface area contributed by atoms with Crippen molar-refractivity contribution in [2.24, 2.45) is 0 Å². The van der Waals surface area contributed by atoms with Gasteiger partial charge < -0.3 is 20.0 Å². The lowest BCUT2D eigenvalue weighted by Crippen LogP contribution is -2.49. The lowest BCUT2D eigenvalue weighted by atomic mass is 10.0. The number of aryl methyl sites for hydroxylation is 1. The Morgan fingerprint density at radius 3 is 2.61 bits per heavy atom. The third kappa shape index (κ3) is 5.01. The van der Waals surface area contributed by atoms with Crippen LogP contribution in [0, 0.1) is 12.7 Å². The molecule has 0 radical (unpaired) electrons. The largest absolute Gasteiger partial charge is 0.324 e. The van der Waals surface area contributed by atoms with Gasteiger partial charge in [0, 0.05) is 43.2 Å². The molecule has 4 rings (SSSR count). The Bertz CT molecular complexity index is 978. The van der Waals surface area contributed by atoms with Crippen LogP contribution in [0.1, 0.15) is 24.0 Å². The molecule has 2 fully saturated rings. The fourth-order valence-corrected chi connectivity index (χ4v) is 4.62. The Kier molecular flexibility index (Phi) is 6.46. The fourth-order valence-electron chi connectivity index (χ4n) is 4.28. The number of hydrogen-bond acceptors (Lipinski definition) is 2. The summed E-state index contributed by atoms with van der Waals surface area (Å²) in [5, 5.41) is 2.64. The van der Waals surface area contributed by atoms with E-state index >= 15 is 0 Å². The van der Waals surface area contributed by atoms with Crippen molar-refractivity contribution >= 4 is 33.7 Å². The summed E-state index contributed by atoms with van der Waals surface area (Å²) in [4.78, 5) is 31.0. The van der Waals surface area contributed by atoms with Gasteiger partial charge in [0.1, 0.15) is 5.82 Å². The number of hydrogen-bond donors (Lipinski definition) is 1. The zero-order valence-electron chi connectivity index (χ0n) is 17.5. The normalized spacial score (nSPS) is 17.4. The van der Waals surface area contributed by atoms with E-state index < -0.39 is 5.82 Å². The van der Waals surface area contributed by atoms with Crippen molar-refractivity contribution in [2.75, 3.05) is 31.5 Å². The zero-order chi connectivity index (χ0) is 22.0. The van der Waals surface area contributed by atoms with Gasteiger partial charge in [0.25, 0.3) is 0 Å². The smallest absolute Gasteiger partial charge is 0.321 e. The molecule has 164 valence electrons. The van der Waals surface area contributed by atoms with Crippen molar-refractivity contribution in [1.29, 1.82) is 0 Å². The van der Waals surface area contributed by atoms with Crippen molar-refractivity contribution < 1.29 is 14.0 Å². The molecule has 2 saturated heterocycles. The average Bonchev–Trinajstić information content (AvgIpc) is 3.10. The number of nitrogens with zero attached hydrogens (tertiary/aromatic N) is 3. The molecule has 0 unspecified atom stereocenters. The molecular weight excluding hydrogens is 463 g/mol. The van der Waals surface area contributed by atoms with E-state index in [2.05, 4.69) is 40.3 Å². The van der Waals surface area contributed by atoms with Crippen LogP contribution in [0.25, 0.3) is 0 Å². The number of nitrogens with one attached hydrogen (secondary N) is 1. The highest BCUT2D eigenvalue weighted by atomic mass is 79.9. The molecule has 2 heterocycles. The van der Waals surface area contributed by atoms with E-state index in [4.69, 9.17) is 0 Å². The second kappa shape index (κ2) is 9.26. The van der Waals surface area contributed by atoms with Crippen LogP contribution >= 0.6 is 15.9 Å². The number of amides is 4. The first-order valence-electron chi connectivity index (χ1n) is 10.5. The van der Waals surface area contributed by atoms with Crippen LogP contribution in [0.3, 0.4) is 0 Å². The predicted molar refractivity (Wildman–Crippen MR) is 121 cm³/mol. The molecule has 4 amide bonds. The van der Waals surface area contributed by atoms with Crippen LogP contribution in [-0.2, 0) is 6.54 Å². The third-order valence-electron chi connectivity index (χ3n) is 5.95. The molecule has 0 spiro atoms. The number of piperidine rings is 1. The highest BCUT2D eigenvalue weighted by Gasteiger charge is 2.36. The molecule has 0 bridgehead atoms. The molecule has 8 heteroatoms. The Balaban J connectivity index is 1.29. The number of rotatable bonds is 4. The summed E-state index contributed by atoms with van der Waals surface area (Å²) in [6, 6.07) is 12.7. The van der Waals surface area contributed by atoms with E-state index in [9.17, 15) is 14.0 Å². The standard InChI is InChI=1S/C23H26BrFN4O2/c1-16-3-2-4-17(13-16)15-28-11-12-29(23(28)31)19-7-9-27(10-8-19)22(30)26-21-6-5-18(24)14-20(21)25/h2-6,13-14,19H,7-12,15H2,1H3,(H,26,30). The van der Waals surface area contributed by atoms with Gasteiger partial charge in [0.05, 0.1) is 5.69 Å². The third-order valence-corrected chi connectivity index (χ3v) is 6.44. The summed E-state index contributed by atoms with van der Waals surface area (Å²) < 4.78 is 14.6. The minimum atomic E-state index is -0.478. The van der Waals surface area contributed by atoms with E-state index in [-0.39, 0.29) is 23.8 Å². The van der Waals surface area contributed by atoms with Crippen LogP contribution in [-0.4, -0.2) is 59.0 Å². The van der Waals surface area contributed by atoms with Crippen LogP contribution in [0.2, 0.25) is 0 Å². The van der Waals surface area contributed by atoms with Crippen molar-refractivity contribution in [3.05, 3.63) is 63.9 Å². The molecule has 0 aliphatic carbocycles. The van der Waals surface area contributed by atoms with Gasteiger partial charge in [-0.1, -0.05) is 45.8 Å². The number of carbonyl (C=O) groups is 2. The summed E-state index contributed by atoms with van der Waals surface area (Å²) in [5.41, 5.74) is 2.49. The summed E-state index contributed by atoms with van der Waals surface area (Å²) in [6.45, 7) is 5.18. The number of benzene rings is 2. The number of anilines is 1. The van der Waals surface area contributed by atoms with Crippen LogP contribution in [0.5, 0.6) is 0 Å². The Labute approximate surface area is 190 Å². The lowest BCUT2D eigenvalue weighted by molar-refractivity contribution is 0.139. The van der Waals surface area contributed by atoms with E-state index in [0.29, 0.717) is 30.7 Å². The SMILES string of the molecule is Cc1cccc(CN2CCN(C3CCN(C(=O)Nc4ccc(Br)cc4F)CC3)C2=O)c1. The topological polar surface area (TPSA) is 55.9 Å². The monoisotopic (exact) mass is 488 g/mol. The Morgan fingerprint density at radius 1 is 1.13 bits per heavy atom. The Hall–Kier alpha value is -2.61. The first kappa shape index (κ1) is 21.6. The molecule has 0 saturated carbocycles. The highest BCUT2D eigenvalue weighted by molar-refractivity contribution is 9.10. The van der Waals surface area contributed by atoms with Gasteiger partial charge in [-0.15, -0.1) is 0 Å². The van der Waals surface area contributed by atoms with Gasteiger partial charge in [-0.25, -0.2) is 14.0 Å². The summed E-state index contributed by atoms with van der Waals surface area (Å²) in [5.74, 6) is -0.478. The van der Waals surface area contributed by atoms with Crippen LogP contribution < -0.4 is 5.32 Å². The van der Waals surface area contributed by atoms with Crippen molar-refractivity contribution in [1.82, 2.24) is 14.7 Å². The van der Waals surface area contributed by atoms with Gasteiger partial charge in [-0.2, -0.15) is 0 Å². The molecule has 2 aliphatic heterocycles. The molecule has 2 aromatic rings. The van der Waals surface area contributed by atoms with Crippen molar-refractivity contribution in [2.45, 2.75) is 32.4 Å². The minimum Gasteiger partial charge on any atom is -0.324 e. The Morgan fingerprint density at radius 2 is 1.90 bits per heavy atom. The first-order valence-corrected chi connectivity index (χ1v) is 11.3. The molecular formula is C23H26BrFN4O2. The molecule has 0 aromatic heterocycles. The zero-order valence-corrected chi connectivity index (χ0v) is 19.1. The number of halogens is 2. The lowest BCUT2D eigenvalue weighted by Gasteiger charge is -2.36. The summed E-state index contributed by atoms with van der Waals surface area (Å²) >= 11 is 3.21. The van der Waals surface area contributed by atoms with Gasteiger partial charge >= 0.3 is 12.1 Å². The van der Waals surface area contributed by atoms with Gasteiger partial charge in [-0.05, 0) is 43.5 Å². The van der Waals surface area contributed by atoms with Gasteiger partial charge in [0.15, 0.2) is 0 Å². The quantitative estimate of drug-likeness (QED) is 0.669. The van der Waals surface area contributed by atoms with E-state index in [1.165, 1.54) is 17.7 Å². The molecule has 1 N–H and O–H groups in total. The highest BCUT2D eigenvalue weighted by Crippen LogP contribution is 2.24. The summed E-state index contributed by atoms with van der Waals surface area (Å²) in [6.07, 6.45) is 1.44. The fraction of sp³-hybridized carbons (Fsp3) is 0.391. The van der Waals surface area contributed by atoms with E-state index in [0.717, 1.165) is 24.9 Å². The molecule has 2 aliphatic rings. The second-order valence-electron chi connectivity index (χ2n) is 8.16. The molecule has 0 atom stereocenters. The minimum absolute atomic E-state index is 0.0707. The van der Waals surface area contributed by atoms with Crippen molar-refractivity contribution in [3.8, 4) is 0 Å². The van der Waals surface area contributed by atoms with Gasteiger partial charge in [0.2, 0.25) is 0 Å². The summed E-state index contributed by atoms with van der Waals surface area (Å²) in [7, 11) is 0. The molecule has 31 heavy (non-hydrogen) atoms. The van der Waals surface area contributed by atoms with E-state index in [1.54, 1.807) is 11.0 Å². The van der Waals surface area contributed by atoms with Gasteiger partial charge in [-0.3, -0.25) is 0 Å². The average molecular weight is 489 g/mol.